The van der Waals surface area contributed by atoms with Gasteiger partial charge in [-0.3, -0.25) is 9.59 Å². The molecular weight excluding hydrogens is 418 g/mol. The minimum absolute atomic E-state index is 0.0535. The molecule has 0 atom stereocenters. The van der Waals surface area contributed by atoms with Crippen molar-refractivity contribution in [1.82, 2.24) is 4.90 Å². The Morgan fingerprint density at radius 3 is 2.43 bits per heavy atom. The summed E-state index contributed by atoms with van der Waals surface area (Å²) in [5.41, 5.74) is 2.23. The third-order valence-corrected chi connectivity index (χ3v) is 6.37. The second-order valence-corrected chi connectivity index (χ2v) is 8.50. The molecule has 4 rings (SSSR count). The number of amides is 2. The first kappa shape index (κ1) is 20.4. The van der Waals surface area contributed by atoms with Gasteiger partial charge in [0.25, 0.3) is 11.8 Å². The summed E-state index contributed by atoms with van der Waals surface area (Å²) >= 11 is 7.50. The van der Waals surface area contributed by atoms with Crippen LogP contribution in [-0.4, -0.2) is 49.9 Å². The Hall–Kier alpha value is -2.83. The molecule has 0 N–H and O–H groups in total. The molecule has 2 amide bonds. The molecule has 1 aliphatic rings. The van der Waals surface area contributed by atoms with E-state index < -0.39 is 0 Å². The molecular formula is C23H22ClN3O2S. The van der Waals surface area contributed by atoms with Crippen LogP contribution in [0, 0.1) is 0 Å². The molecule has 1 saturated heterocycles. The van der Waals surface area contributed by atoms with Crippen molar-refractivity contribution in [2.75, 3.05) is 43.0 Å². The molecule has 0 unspecified atom stereocenters. The van der Waals surface area contributed by atoms with Crippen LogP contribution >= 0.6 is 22.9 Å². The van der Waals surface area contributed by atoms with E-state index in [1.54, 1.807) is 24.1 Å². The maximum Gasteiger partial charge on any atom is 0.268 e. The average molecular weight is 440 g/mol. The number of benzene rings is 2. The van der Waals surface area contributed by atoms with Gasteiger partial charge in [-0.25, -0.2) is 0 Å². The smallest absolute Gasteiger partial charge is 0.268 e. The van der Waals surface area contributed by atoms with E-state index in [2.05, 4.69) is 4.90 Å². The van der Waals surface area contributed by atoms with Crippen molar-refractivity contribution in [2.24, 2.45) is 0 Å². The van der Waals surface area contributed by atoms with Gasteiger partial charge in [0.2, 0.25) is 0 Å². The Balaban J connectivity index is 1.49. The van der Waals surface area contributed by atoms with Gasteiger partial charge in [-0.1, -0.05) is 35.9 Å². The summed E-state index contributed by atoms with van der Waals surface area (Å²) in [5.74, 6) is -0.168. The van der Waals surface area contributed by atoms with Crippen molar-refractivity contribution in [3.63, 3.8) is 0 Å². The molecule has 154 valence electrons. The molecule has 0 bridgehead atoms. The van der Waals surface area contributed by atoms with Crippen LogP contribution in [0.4, 0.5) is 11.4 Å². The fraction of sp³-hybridized carbons (Fsp3) is 0.217. The number of hydrogen-bond donors (Lipinski definition) is 0. The Morgan fingerprint density at radius 2 is 1.73 bits per heavy atom. The van der Waals surface area contributed by atoms with E-state index in [1.165, 1.54) is 11.3 Å². The third kappa shape index (κ3) is 4.20. The van der Waals surface area contributed by atoms with Gasteiger partial charge in [-0.15, -0.1) is 11.3 Å². The van der Waals surface area contributed by atoms with Crippen molar-refractivity contribution < 1.29 is 9.59 Å². The SMILES string of the molecule is CN(C(=O)c1cccs1)c1ccccc1C(=O)N1CCN(c2cccc(Cl)c2)CC1. The van der Waals surface area contributed by atoms with E-state index in [1.807, 2.05) is 58.8 Å². The topological polar surface area (TPSA) is 43.9 Å². The summed E-state index contributed by atoms with van der Waals surface area (Å²) in [6.45, 7) is 2.70. The highest BCUT2D eigenvalue weighted by Gasteiger charge is 2.26. The van der Waals surface area contributed by atoms with Gasteiger partial charge in [0.15, 0.2) is 0 Å². The second kappa shape index (κ2) is 8.90. The highest BCUT2D eigenvalue weighted by atomic mass is 35.5. The lowest BCUT2D eigenvalue weighted by Crippen LogP contribution is -2.49. The summed E-state index contributed by atoms with van der Waals surface area (Å²) in [4.78, 5) is 32.3. The van der Waals surface area contributed by atoms with Crippen LogP contribution in [0.25, 0.3) is 0 Å². The molecule has 5 nitrogen and oxygen atoms in total. The molecule has 0 radical (unpaired) electrons. The van der Waals surface area contributed by atoms with Crippen LogP contribution in [0.5, 0.6) is 0 Å². The lowest BCUT2D eigenvalue weighted by molar-refractivity contribution is 0.0747. The molecule has 2 heterocycles. The third-order valence-electron chi connectivity index (χ3n) is 5.27. The lowest BCUT2D eigenvalue weighted by Gasteiger charge is -2.36. The summed E-state index contributed by atoms with van der Waals surface area (Å²) in [6, 6.07) is 18.7. The quantitative estimate of drug-likeness (QED) is 0.594. The van der Waals surface area contributed by atoms with Gasteiger partial charge in [-0.2, -0.15) is 0 Å². The molecule has 0 spiro atoms. The zero-order valence-corrected chi connectivity index (χ0v) is 18.2. The van der Waals surface area contributed by atoms with Crippen LogP contribution in [0.15, 0.2) is 66.0 Å². The van der Waals surface area contributed by atoms with Crippen molar-refractivity contribution >= 4 is 46.1 Å². The zero-order chi connectivity index (χ0) is 21.1. The van der Waals surface area contributed by atoms with Crippen molar-refractivity contribution in [2.45, 2.75) is 0 Å². The molecule has 2 aromatic carbocycles. The van der Waals surface area contributed by atoms with E-state index in [-0.39, 0.29) is 11.8 Å². The molecule has 0 saturated carbocycles. The molecule has 30 heavy (non-hydrogen) atoms. The summed E-state index contributed by atoms with van der Waals surface area (Å²) in [6.07, 6.45) is 0. The molecule has 1 aliphatic heterocycles. The van der Waals surface area contributed by atoms with Crippen molar-refractivity contribution in [1.29, 1.82) is 0 Å². The van der Waals surface area contributed by atoms with Gasteiger partial charge in [0, 0.05) is 43.9 Å². The van der Waals surface area contributed by atoms with Gasteiger partial charge in [0.1, 0.15) is 0 Å². The first-order chi connectivity index (χ1) is 14.5. The fourth-order valence-electron chi connectivity index (χ4n) is 3.63. The van der Waals surface area contributed by atoms with E-state index in [4.69, 9.17) is 11.6 Å². The molecule has 0 aliphatic carbocycles. The number of rotatable bonds is 4. The lowest BCUT2D eigenvalue weighted by atomic mass is 10.1. The van der Waals surface area contributed by atoms with E-state index >= 15 is 0 Å². The Bertz CT molecular complexity index is 1050. The number of para-hydroxylation sites is 1. The number of nitrogens with zero attached hydrogens (tertiary/aromatic N) is 3. The highest BCUT2D eigenvalue weighted by Crippen LogP contribution is 2.25. The van der Waals surface area contributed by atoms with Crippen LogP contribution in [0.3, 0.4) is 0 Å². The van der Waals surface area contributed by atoms with Crippen LogP contribution < -0.4 is 9.80 Å². The van der Waals surface area contributed by atoms with Gasteiger partial charge >= 0.3 is 0 Å². The standard InChI is InChI=1S/C23H22ClN3O2S/c1-25(23(29)21-10-5-15-30-21)20-9-3-2-8-19(20)22(28)27-13-11-26(12-14-27)18-7-4-6-17(24)16-18/h2-10,15-16H,11-14H2,1H3. The molecule has 1 aromatic heterocycles. The average Bonchev–Trinajstić information content (AvgIpc) is 3.33. The van der Waals surface area contributed by atoms with Crippen LogP contribution in [0.1, 0.15) is 20.0 Å². The zero-order valence-electron chi connectivity index (χ0n) is 16.6. The van der Waals surface area contributed by atoms with E-state index in [9.17, 15) is 9.59 Å². The number of halogens is 1. The molecule has 3 aromatic rings. The maximum absolute atomic E-state index is 13.3. The summed E-state index contributed by atoms with van der Waals surface area (Å²) in [5, 5.41) is 2.58. The van der Waals surface area contributed by atoms with Gasteiger partial charge in [-0.05, 0) is 41.8 Å². The summed E-state index contributed by atoms with van der Waals surface area (Å²) in [7, 11) is 1.71. The predicted molar refractivity (Wildman–Crippen MR) is 123 cm³/mol. The monoisotopic (exact) mass is 439 g/mol. The second-order valence-electron chi connectivity index (χ2n) is 7.12. The van der Waals surface area contributed by atoms with Crippen LogP contribution in [0.2, 0.25) is 5.02 Å². The number of anilines is 2. The minimum atomic E-state index is -0.115. The summed E-state index contributed by atoms with van der Waals surface area (Å²) < 4.78 is 0. The fourth-order valence-corrected chi connectivity index (χ4v) is 4.52. The van der Waals surface area contributed by atoms with Crippen LogP contribution in [-0.2, 0) is 0 Å². The maximum atomic E-state index is 13.3. The normalized spacial score (nSPS) is 13.9. The Kier molecular flexibility index (Phi) is 6.06. The number of carbonyl (C=O) groups excluding carboxylic acids is 2. The number of carbonyl (C=O) groups is 2. The van der Waals surface area contributed by atoms with Gasteiger partial charge in [0.05, 0.1) is 16.1 Å². The number of piperazine rings is 1. The molecule has 7 heteroatoms. The first-order valence-electron chi connectivity index (χ1n) is 9.75. The van der Waals surface area contributed by atoms with E-state index in [0.717, 1.165) is 18.8 Å². The Morgan fingerprint density at radius 1 is 0.967 bits per heavy atom. The first-order valence-corrected chi connectivity index (χ1v) is 11.0. The van der Waals surface area contributed by atoms with Crippen molar-refractivity contribution in [3.8, 4) is 0 Å². The Labute approximate surface area is 185 Å². The van der Waals surface area contributed by atoms with Gasteiger partial charge < -0.3 is 14.7 Å². The highest BCUT2D eigenvalue weighted by molar-refractivity contribution is 7.12. The van der Waals surface area contributed by atoms with E-state index in [0.29, 0.717) is 34.2 Å². The predicted octanol–water partition coefficient (Wildman–Crippen LogP) is 4.64. The number of thiophene rings is 1. The van der Waals surface area contributed by atoms with Crippen molar-refractivity contribution in [3.05, 3.63) is 81.5 Å². The number of hydrogen-bond acceptors (Lipinski definition) is 4. The molecule has 1 fully saturated rings. The largest absolute Gasteiger partial charge is 0.368 e. The minimum Gasteiger partial charge on any atom is -0.368 e.